The number of anilines is 1. The fourth-order valence-electron chi connectivity index (χ4n) is 2.75. The molecule has 1 aliphatic heterocycles. The second-order valence-corrected chi connectivity index (χ2v) is 7.85. The van der Waals surface area contributed by atoms with Crippen LogP contribution >= 0.6 is 0 Å². The molecule has 0 bridgehead atoms. The van der Waals surface area contributed by atoms with Crippen molar-refractivity contribution < 1.29 is 8.42 Å². The molecule has 1 fully saturated rings. The number of pyridine rings is 1. The summed E-state index contributed by atoms with van der Waals surface area (Å²) in [7, 11) is -3.01. The van der Waals surface area contributed by atoms with Crippen LogP contribution in [0, 0.1) is 5.92 Å². The topological polar surface area (TPSA) is 76.3 Å². The third-order valence-electron chi connectivity index (χ3n) is 3.71. The molecule has 2 atom stereocenters. The molecular formula is C14H23N3O2S. The van der Waals surface area contributed by atoms with Gasteiger partial charge in [-0.25, -0.2) is 13.4 Å². The Labute approximate surface area is 121 Å². The van der Waals surface area contributed by atoms with Gasteiger partial charge in [0.25, 0.3) is 0 Å². The minimum absolute atomic E-state index is 0.0399. The Balaban J connectivity index is 2.04. The lowest BCUT2D eigenvalue weighted by Crippen LogP contribution is -2.29. The van der Waals surface area contributed by atoms with E-state index in [1.807, 2.05) is 12.1 Å². The standard InChI is InChI=1S/C14H23N3O2S/c1-3-4-12-8-17(9-13(12)15)14-6-5-11(7-16-14)10-20(2,18)19/h5-7,12-13H,3-4,8-10,15H2,1-2H3/t12-,13-/m1/s1. The first kappa shape index (κ1) is 15.3. The number of hydrogen-bond donors (Lipinski definition) is 1. The van der Waals surface area contributed by atoms with Gasteiger partial charge in [0.1, 0.15) is 5.82 Å². The number of hydrogen-bond acceptors (Lipinski definition) is 5. The van der Waals surface area contributed by atoms with Crippen molar-refractivity contribution in [2.45, 2.75) is 31.6 Å². The maximum Gasteiger partial charge on any atom is 0.151 e. The summed E-state index contributed by atoms with van der Waals surface area (Å²) >= 11 is 0. The summed E-state index contributed by atoms with van der Waals surface area (Å²) in [6.07, 6.45) is 5.17. The van der Waals surface area contributed by atoms with Gasteiger partial charge in [0.05, 0.1) is 5.75 Å². The molecule has 1 aromatic rings. The molecule has 1 saturated heterocycles. The molecule has 112 valence electrons. The van der Waals surface area contributed by atoms with E-state index in [2.05, 4.69) is 16.8 Å². The fourth-order valence-corrected chi connectivity index (χ4v) is 3.53. The molecule has 0 amide bonds. The summed E-state index contributed by atoms with van der Waals surface area (Å²) in [5, 5.41) is 0. The molecule has 1 aromatic heterocycles. The minimum atomic E-state index is -3.01. The van der Waals surface area contributed by atoms with Crippen molar-refractivity contribution >= 4 is 15.7 Å². The lowest BCUT2D eigenvalue weighted by atomic mass is 9.99. The molecule has 2 heterocycles. The van der Waals surface area contributed by atoms with E-state index >= 15 is 0 Å². The van der Waals surface area contributed by atoms with Crippen molar-refractivity contribution in [3.8, 4) is 0 Å². The van der Waals surface area contributed by atoms with Gasteiger partial charge < -0.3 is 10.6 Å². The smallest absolute Gasteiger partial charge is 0.151 e. The van der Waals surface area contributed by atoms with Gasteiger partial charge in [0.15, 0.2) is 9.84 Å². The number of rotatable bonds is 5. The largest absolute Gasteiger partial charge is 0.355 e. The van der Waals surface area contributed by atoms with E-state index in [-0.39, 0.29) is 11.8 Å². The van der Waals surface area contributed by atoms with E-state index in [0.717, 1.165) is 37.3 Å². The molecular weight excluding hydrogens is 274 g/mol. The Morgan fingerprint density at radius 2 is 2.15 bits per heavy atom. The number of nitrogens with zero attached hydrogens (tertiary/aromatic N) is 2. The van der Waals surface area contributed by atoms with Gasteiger partial charge in [-0.15, -0.1) is 0 Å². The van der Waals surface area contributed by atoms with Crippen LogP contribution in [0.25, 0.3) is 0 Å². The summed E-state index contributed by atoms with van der Waals surface area (Å²) in [6, 6.07) is 3.93. The number of aromatic nitrogens is 1. The summed E-state index contributed by atoms with van der Waals surface area (Å²) < 4.78 is 22.5. The van der Waals surface area contributed by atoms with E-state index < -0.39 is 9.84 Å². The van der Waals surface area contributed by atoms with E-state index in [9.17, 15) is 8.42 Å². The third-order valence-corrected chi connectivity index (χ3v) is 4.57. The highest BCUT2D eigenvalue weighted by molar-refractivity contribution is 7.89. The van der Waals surface area contributed by atoms with Gasteiger partial charge in [-0.3, -0.25) is 0 Å². The second-order valence-electron chi connectivity index (χ2n) is 5.71. The fraction of sp³-hybridized carbons (Fsp3) is 0.643. The van der Waals surface area contributed by atoms with Crippen molar-refractivity contribution in [1.82, 2.24) is 4.98 Å². The highest BCUT2D eigenvalue weighted by Gasteiger charge is 2.29. The summed E-state index contributed by atoms with van der Waals surface area (Å²) in [6.45, 7) is 3.93. The van der Waals surface area contributed by atoms with Crippen molar-refractivity contribution in [3.05, 3.63) is 23.9 Å². The molecule has 0 saturated carbocycles. The first-order valence-electron chi connectivity index (χ1n) is 7.02. The summed E-state index contributed by atoms with van der Waals surface area (Å²) in [5.41, 5.74) is 6.88. The number of sulfone groups is 1. The monoisotopic (exact) mass is 297 g/mol. The van der Waals surface area contributed by atoms with Crippen LogP contribution in [0.1, 0.15) is 25.3 Å². The lowest BCUT2D eigenvalue weighted by Gasteiger charge is -2.17. The predicted molar refractivity (Wildman–Crippen MR) is 81.4 cm³/mol. The van der Waals surface area contributed by atoms with Crippen LogP contribution in [0.5, 0.6) is 0 Å². The van der Waals surface area contributed by atoms with Crippen molar-refractivity contribution in [3.63, 3.8) is 0 Å². The predicted octanol–water partition coefficient (Wildman–Crippen LogP) is 1.19. The molecule has 2 N–H and O–H groups in total. The first-order valence-corrected chi connectivity index (χ1v) is 9.08. The number of nitrogens with two attached hydrogens (primary N) is 1. The maximum atomic E-state index is 11.2. The zero-order valence-electron chi connectivity index (χ0n) is 12.1. The van der Waals surface area contributed by atoms with Gasteiger partial charge in [-0.05, 0) is 24.0 Å². The molecule has 0 aromatic carbocycles. The molecule has 0 aliphatic carbocycles. The Bertz CT molecular complexity index is 542. The third kappa shape index (κ3) is 3.93. The Kier molecular flexibility index (Phi) is 4.65. The van der Waals surface area contributed by atoms with Crippen molar-refractivity contribution in [1.29, 1.82) is 0 Å². The molecule has 20 heavy (non-hydrogen) atoms. The Hall–Kier alpha value is -1.14. The van der Waals surface area contributed by atoms with Crippen molar-refractivity contribution in [2.75, 3.05) is 24.2 Å². The quantitative estimate of drug-likeness (QED) is 0.883. The van der Waals surface area contributed by atoms with Crippen LogP contribution in [0.15, 0.2) is 18.3 Å². The SMILES string of the molecule is CCC[C@@H]1CN(c2ccc(CS(C)(=O)=O)cn2)C[C@H]1N. The zero-order valence-corrected chi connectivity index (χ0v) is 12.9. The second kappa shape index (κ2) is 6.10. The van der Waals surface area contributed by atoms with E-state index in [1.165, 1.54) is 6.26 Å². The molecule has 1 aliphatic rings. The molecule has 0 radical (unpaired) electrons. The van der Waals surface area contributed by atoms with Crippen LogP contribution in [0.2, 0.25) is 0 Å². The van der Waals surface area contributed by atoms with E-state index in [4.69, 9.17) is 5.73 Å². The lowest BCUT2D eigenvalue weighted by molar-refractivity contribution is 0.472. The normalized spacial score (nSPS) is 23.2. The average Bonchev–Trinajstić information content (AvgIpc) is 2.70. The van der Waals surface area contributed by atoms with Gasteiger partial charge in [0.2, 0.25) is 0 Å². The van der Waals surface area contributed by atoms with Gasteiger partial charge in [-0.2, -0.15) is 0 Å². The van der Waals surface area contributed by atoms with Crippen LogP contribution in [0.3, 0.4) is 0 Å². The average molecular weight is 297 g/mol. The van der Waals surface area contributed by atoms with E-state index in [0.29, 0.717) is 5.92 Å². The van der Waals surface area contributed by atoms with Crippen LogP contribution in [0.4, 0.5) is 5.82 Å². The van der Waals surface area contributed by atoms with Gasteiger partial charge in [-0.1, -0.05) is 19.4 Å². The van der Waals surface area contributed by atoms with Crippen molar-refractivity contribution in [2.24, 2.45) is 11.7 Å². The summed E-state index contributed by atoms with van der Waals surface area (Å²) in [4.78, 5) is 6.57. The molecule has 5 nitrogen and oxygen atoms in total. The molecule has 0 spiro atoms. The molecule has 6 heteroatoms. The Morgan fingerprint density at radius 1 is 1.40 bits per heavy atom. The maximum absolute atomic E-state index is 11.2. The summed E-state index contributed by atoms with van der Waals surface area (Å²) in [5.74, 6) is 1.45. The van der Waals surface area contributed by atoms with Crippen LogP contribution in [-0.2, 0) is 15.6 Å². The molecule has 0 unspecified atom stereocenters. The van der Waals surface area contributed by atoms with Gasteiger partial charge in [0, 0.05) is 31.6 Å². The highest BCUT2D eigenvalue weighted by atomic mass is 32.2. The zero-order chi connectivity index (χ0) is 14.8. The highest BCUT2D eigenvalue weighted by Crippen LogP contribution is 2.24. The van der Waals surface area contributed by atoms with E-state index in [1.54, 1.807) is 6.20 Å². The molecule has 2 rings (SSSR count). The minimum Gasteiger partial charge on any atom is -0.355 e. The van der Waals surface area contributed by atoms with Crippen LogP contribution < -0.4 is 10.6 Å². The Morgan fingerprint density at radius 3 is 2.70 bits per heavy atom. The van der Waals surface area contributed by atoms with Crippen LogP contribution in [-0.4, -0.2) is 38.8 Å². The van der Waals surface area contributed by atoms with Gasteiger partial charge >= 0.3 is 0 Å². The first-order chi connectivity index (χ1) is 9.39.